The Labute approximate surface area is 121 Å². The van der Waals surface area contributed by atoms with E-state index in [1.165, 1.54) is 5.56 Å². The summed E-state index contributed by atoms with van der Waals surface area (Å²) in [6.45, 7) is 2.98. The molecule has 1 aromatic carbocycles. The molecule has 0 heterocycles. The first-order valence-corrected chi connectivity index (χ1v) is 8.03. The van der Waals surface area contributed by atoms with Crippen molar-refractivity contribution < 1.29 is 0 Å². The molecule has 0 aromatic heterocycles. The van der Waals surface area contributed by atoms with Gasteiger partial charge in [-0.2, -0.15) is 11.8 Å². The van der Waals surface area contributed by atoms with Crippen LogP contribution in [0.25, 0.3) is 0 Å². The van der Waals surface area contributed by atoms with Crippen molar-refractivity contribution >= 4 is 50.7 Å². The number of aryl methyl sites for hydroxylation is 1. The number of halogens is 1. The Kier molecular flexibility index (Phi) is 6.92. The van der Waals surface area contributed by atoms with Crippen molar-refractivity contribution in [3.63, 3.8) is 0 Å². The number of benzene rings is 1. The summed E-state index contributed by atoms with van der Waals surface area (Å²) >= 11 is 10.5. The average Bonchev–Trinajstić information content (AvgIpc) is 2.28. The van der Waals surface area contributed by atoms with Gasteiger partial charge in [-0.25, -0.2) is 0 Å². The van der Waals surface area contributed by atoms with Crippen LogP contribution in [0.5, 0.6) is 0 Å². The molecule has 0 saturated carbocycles. The maximum absolute atomic E-state index is 5.24. The minimum atomic E-state index is 0.691. The molecular formula is C12H17BrN2S2. The van der Waals surface area contributed by atoms with Gasteiger partial charge < -0.3 is 10.6 Å². The largest absolute Gasteiger partial charge is 0.362 e. The third-order valence-corrected chi connectivity index (χ3v) is 3.68. The van der Waals surface area contributed by atoms with Crippen LogP contribution in [0.2, 0.25) is 0 Å². The summed E-state index contributed by atoms with van der Waals surface area (Å²) in [5.41, 5.74) is 2.23. The Morgan fingerprint density at radius 3 is 2.88 bits per heavy atom. The summed E-state index contributed by atoms with van der Waals surface area (Å²) in [6.07, 6.45) is 3.24. The van der Waals surface area contributed by atoms with Crippen LogP contribution in [-0.2, 0) is 0 Å². The van der Waals surface area contributed by atoms with Crippen LogP contribution in [0.3, 0.4) is 0 Å². The molecule has 0 fully saturated rings. The second-order valence-electron chi connectivity index (χ2n) is 3.69. The third-order valence-electron chi connectivity index (χ3n) is 2.25. The minimum absolute atomic E-state index is 0.691. The Bertz CT molecular complexity index is 383. The number of rotatable bonds is 5. The van der Waals surface area contributed by atoms with Gasteiger partial charge in [-0.3, -0.25) is 0 Å². The first kappa shape index (κ1) is 14.8. The summed E-state index contributed by atoms with van der Waals surface area (Å²) in [6, 6.07) is 6.10. The standard InChI is InChI=1S/C12H17BrN2S2/c1-9-8-10(13)4-5-11(9)15-12(16)14-6-3-7-17-2/h4-5,8H,3,6-7H2,1-2H3,(H2,14,15,16). The highest BCUT2D eigenvalue weighted by Gasteiger charge is 2.01. The number of hydrogen-bond donors (Lipinski definition) is 2. The molecule has 94 valence electrons. The van der Waals surface area contributed by atoms with E-state index in [0.29, 0.717) is 5.11 Å². The van der Waals surface area contributed by atoms with Gasteiger partial charge >= 0.3 is 0 Å². The van der Waals surface area contributed by atoms with Gasteiger partial charge in [0.05, 0.1) is 0 Å². The van der Waals surface area contributed by atoms with Gasteiger partial charge in [0.1, 0.15) is 0 Å². The number of nitrogens with one attached hydrogen (secondary N) is 2. The molecule has 1 rings (SSSR count). The van der Waals surface area contributed by atoms with Crippen molar-refractivity contribution in [2.75, 3.05) is 23.9 Å². The lowest BCUT2D eigenvalue weighted by molar-refractivity contribution is 0.855. The number of thioether (sulfide) groups is 1. The summed E-state index contributed by atoms with van der Waals surface area (Å²) in [7, 11) is 0. The highest BCUT2D eigenvalue weighted by molar-refractivity contribution is 9.10. The molecule has 0 atom stereocenters. The normalized spacial score (nSPS) is 10.1. The molecule has 0 radical (unpaired) electrons. The van der Waals surface area contributed by atoms with Gasteiger partial charge in [-0.05, 0) is 61.3 Å². The Balaban J connectivity index is 2.40. The monoisotopic (exact) mass is 332 g/mol. The zero-order chi connectivity index (χ0) is 12.7. The van der Waals surface area contributed by atoms with Gasteiger partial charge in [0.2, 0.25) is 0 Å². The Hall–Kier alpha value is -0.260. The summed E-state index contributed by atoms with van der Waals surface area (Å²) in [5.74, 6) is 1.16. The lowest BCUT2D eigenvalue weighted by atomic mass is 10.2. The summed E-state index contributed by atoms with van der Waals surface area (Å²) in [4.78, 5) is 0. The van der Waals surface area contributed by atoms with Crippen LogP contribution >= 0.6 is 39.9 Å². The molecule has 2 nitrogen and oxygen atoms in total. The number of anilines is 1. The third kappa shape index (κ3) is 5.75. The predicted molar refractivity (Wildman–Crippen MR) is 86.1 cm³/mol. The molecule has 0 aliphatic carbocycles. The van der Waals surface area contributed by atoms with Crippen LogP contribution in [0, 0.1) is 6.92 Å². The molecule has 0 aliphatic rings. The maximum atomic E-state index is 5.24. The molecule has 2 N–H and O–H groups in total. The van der Waals surface area contributed by atoms with E-state index in [9.17, 15) is 0 Å². The highest BCUT2D eigenvalue weighted by Crippen LogP contribution is 2.19. The summed E-state index contributed by atoms with van der Waals surface area (Å²) in [5, 5.41) is 7.10. The van der Waals surface area contributed by atoms with E-state index in [0.717, 1.165) is 28.9 Å². The van der Waals surface area contributed by atoms with Crippen LogP contribution in [-0.4, -0.2) is 23.7 Å². The van der Waals surface area contributed by atoms with Crippen LogP contribution in [0.1, 0.15) is 12.0 Å². The average molecular weight is 333 g/mol. The van der Waals surface area contributed by atoms with Gasteiger partial charge in [-0.1, -0.05) is 15.9 Å². The van der Waals surface area contributed by atoms with Crippen molar-refractivity contribution in [2.45, 2.75) is 13.3 Å². The Morgan fingerprint density at radius 1 is 1.47 bits per heavy atom. The molecule has 0 bridgehead atoms. The second-order valence-corrected chi connectivity index (χ2v) is 6.00. The lowest BCUT2D eigenvalue weighted by Gasteiger charge is -2.12. The molecule has 0 aliphatic heterocycles. The SMILES string of the molecule is CSCCCNC(=S)Nc1ccc(Br)cc1C. The zero-order valence-electron chi connectivity index (χ0n) is 10.0. The van der Waals surface area contributed by atoms with Crippen LogP contribution < -0.4 is 10.6 Å². The fraction of sp³-hybridized carbons (Fsp3) is 0.417. The van der Waals surface area contributed by atoms with Gasteiger partial charge in [0.15, 0.2) is 5.11 Å². The van der Waals surface area contributed by atoms with E-state index in [2.05, 4.69) is 45.8 Å². The van der Waals surface area contributed by atoms with E-state index >= 15 is 0 Å². The fourth-order valence-corrected chi connectivity index (χ4v) is 2.47. The van der Waals surface area contributed by atoms with Gasteiger partial charge in [0.25, 0.3) is 0 Å². The highest BCUT2D eigenvalue weighted by atomic mass is 79.9. The summed E-state index contributed by atoms with van der Waals surface area (Å²) < 4.78 is 1.08. The molecular weight excluding hydrogens is 316 g/mol. The van der Waals surface area contributed by atoms with E-state index in [-0.39, 0.29) is 0 Å². The molecule has 0 unspecified atom stereocenters. The molecule has 5 heteroatoms. The first-order valence-electron chi connectivity index (χ1n) is 5.43. The van der Waals surface area contributed by atoms with Gasteiger partial charge in [-0.15, -0.1) is 0 Å². The minimum Gasteiger partial charge on any atom is -0.362 e. The van der Waals surface area contributed by atoms with E-state index < -0.39 is 0 Å². The first-order chi connectivity index (χ1) is 8.13. The number of hydrogen-bond acceptors (Lipinski definition) is 2. The van der Waals surface area contributed by atoms with Crippen molar-refractivity contribution in [1.29, 1.82) is 0 Å². The molecule has 0 spiro atoms. The molecule has 0 saturated heterocycles. The van der Waals surface area contributed by atoms with Gasteiger partial charge in [0, 0.05) is 16.7 Å². The van der Waals surface area contributed by atoms with Crippen molar-refractivity contribution in [1.82, 2.24) is 5.32 Å². The fourth-order valence-electron chi connectivity index (χ4n) is 1.35. The van der Waals surface area contributed by atoms with Crippen molar-refractivity contribution in [2.24, 2.45) is 0 Å². The number of thiocarbonyl (C=S) groups is 1. The van der Waals surface area contributed by atoms with E-state index in [1.54, 1.807) is 0 Å². The predicted octanol–water partition coefficient (Wildman–Crippen LogP) is 3.80. The van der Waals surface area contributed by atoms with Crippen LogP contribution in [0.4, 0.5) is 5.69 Å². The molecule has 17 heavy (non-hydrogen) atoms. The second kappa shape index (κ2) is 7.95. The topological polar surface area (TPSA) is 24.1 Å². The van der Waals surface area contributed by atoms with E-state index in [1.807, 2.05) is 23.9 Å². The molecule has 1 aromatic rings. The van der Waals surface area contributed by atoms with E-state index in [4.69, 9.17) is 12.2 Å². The van der Waals surface area contributed by atoms with Crippen molar-refractivity contribution in [3.05, 3.63) is 28.2 Å². The smallest absolute Gasteiger partial charge is 0.170 e. The Morgan fingerprint density at radius 2 is 2.24 bits per heavy atom. The quantitative estimate of drug-likeness (QED) is 0.632. The molecule has 0 amide bonds. The zero-order valence-corrected chi connectivity index (χ0v) is 13.3. The maximum Gasteiger partial charge on any atom is 0.170 e. The van der Waals surface area contributed by atoms with Crippen molar-refractivity contribution in [3.8, 4) is 0 Å². The van der Waals surface area contributed by atoms with Crippen LogP contribution in [0.15, 0.2) is 22.7 Å². The lowest BCUT2D eigenvalue weighted by Crippen LogP contribution is -2.29.